The van der Waals surface area contributed by atoms with Crippen molar-refractivity contribution in [3.8, 4) is 5.88 Å². The molecule has 0 bridgehead atoms. The van der Waals surface area contributed by atoms with Crippen LogP contribution in [0.4, 0.5) is 5.69 Å². The highest BCUT2D eigenvalue weighted by Crippen LogP contribution is 2.13. The van der Waals surface area contributed by atoms with Crippen LogP contribution in [-0.2, 0) is 4.74 Å². The number of aromatic nitrogens is 1. The maximum absolute atomic E-state index is 8.13. The van der Waals surface area contributed by atoms with Gasteiger partial charge in [0.1, 0.15) is 6.61 Å². The van der Waals surface area contributed by atoms with Crippen LogP contribution in [0.2, 0.25) is 0 Å². The first-order valence-corrected chi connectivity index (χ1v) is 7.95. The summed E-state index contributed by atoms with van der Waals surface area (Å²) in [4.78, 5) is 6.91. The van der Waals surface area contributed by atoms with E-state index in [2.05, 4.69) is 32.5 Å². The molecular weight excluding hydrogens is 318 g/mol. The van der Waals surface area contributed by atoms with Crippen molar-refractivity contribution in [3.05, 3.63) is 64.2 Å². The number of ether oxygens (including phenoxy) is 2. The second-order valence-electron chi connectivity index (χ2n) is 5.05. The fourth-order valence-electron chi connectivity index (χ4n) is 1.99. The van der Waals surface area contributed by atoms with E-state index in [1.54, 1.807) is 6.20 Å². The molecule has 0 fully saturated rings. The Bertz CT molecular complexity index is 707. The molecule has 25 heavy (non-hydrogen) atoms. The maximum Gasteiger partial charge on any atom is 0.213 e. The van der Waals surface area contributed by atoms with Crippen molar-refractivity contribution in [2.24, 2.45) is 5.11 Å². The molecule has 7 heteroatoms. The fourth-order valence-corrected chi connectivity index (χ4v) is 1.99. The summed E-state index contributed by atoms with van der Waals surface area (Å²) in [6, 6.07) is 11.9. The second kappa shape index (κ2) is 10.7. The molecular formula is C18H21N5O2. The molecule has 0 aliphatic carbocycles. The third-order valence-electron chi connectivity index (χ3n) is 3.30. The average Bonchev–Trinajstić information content (AvgIpc) is 2.67. The van der Waals surface area contributed by atoms with Gasteiger partial charge in [0.2, 0.25) is 5.88 Å². The standard InChI is InChI=1S/C18H21N5O2/c1-20-17-7-4-15(5-8-17)2-3-16-6-9-18(21-14-16)25-13-12-24-11-10-22-23-19/h2-9,14,20H,10-13H2,1H3/b3-2+. The lowest BCUT2D eigenvalue weighted by atomic mass is 10.1. The Morgan fingerprint density at radius 1 is 1.08 bits per heavy atom. The Hall–Kier alpha value is -3.02. The van der Waals surface area contributed by atoms with Crippen molar-refractivity contribution in [2.75, 3.05) is 38.7 Å². The third-order valence-corrected chi connectivity index (χ3v) is 3.30. The zero-order chi connectivity index (χ0) is 17.7. The molecule has 1 aromatic carbocycles. The molecule has 0 unspecified atom stereocenters. The second-order valence-corrected chi connectivity index (χ2v) is 5.05. The van der Waals surface area contributed by atoms with Crippen molar-refractivity contribution >= 4 is 17.8 Å². The van der Waals surface area contributed by atoms with Gasteiger partial charge in [-0.15, -0.1) is 0 Å². The summed E-state index contributed by atoms with van der Waals surface area (Å²) < 4.78 is 10.7. The summed E-state index contributed by atoms with van der Waals surface area (Å²) in [5, 5.41) is 6.47. The predicted octanol–water partition coefficient (Wildman–Crippen LogP) is 4.00. The molecule has 2 rings (SSSR count). The number of nitrogens with zero attached hydrogens (tertiary/aromatic N) is 4. The molecule has 0 radical (unpaired) electrons. The Kier molecular flexibility index (Phi) is 7.84. The van der Waals surface area contributed by atoms with Gasteiger partial charge in [0, 0.05) is 36.5 Å². The van der Waals surface area contributed by atoms with Gasteiger partial charge < -0.3 is 14.8 Å². The van der Waals surface area contributed by atoms with E-state index in [9.17, 15) is 0 Å². The first kappa shape index (κ1) is 18.3. The van der Waals surface area contributed by atoms with Gasteiger partial charge in [-0.1, -0.05) is 29.4 Å². The lowest BCUT2D eigenvalue weighted by Gasteiger charge is -2.05. The average molecular weight is 339 g/mol. The number of pyridine rings is 1. The van der Waals surface area contributed by atoms with Crippen molar-refractivity contribution in [1.82, 2.24) is 4.98 Å². The molecule has 1 aromatic heterocycles. The lowest BCUT2D eigenvalue weighted by Crippen LogP contribution is -2.09. The van der Waals surface area contributed by atoms with Gasteiger partial charge in [-0.05, 0) is 34.9 Å². The van der Waals surface area contributed by atoms with Crippen LogP contribution in [0.25, 0.3) is 22.6 Å². The number of hydrogen-bond donors (Lipinski definition) is 1. The number of benzene rings is 1. The number of azide groups is 1. The van der Waals surface area contributed by atoms with Gasteiger partial charge in [0.25, 0.3) is 0 Å². The molecule has 130 valence electrons. The molecule has 0 spiro atoms. The summed E-state index contributed by atoms with van der Waals surface area (Å²) in [5.74, 6) is 0.550. The first-order valence-electron chi connectivity index (χ1n) is 7.95. The smallest absolute Gasteiger partial charge is 0.213 e. The molecule has 1 N–H and O–H groups in total. The molecule has 0 aliphatic heterocycles. The van der Waals surface area contributed by atoms with Gasteiger partial charge in [-0.3, -0.25) is 0 Å². The third kappa shape index (κ3) is 6.95. The Morgan fingerprint density at radius 3 is 2.52 bits per heavy atom. The largest absolute Gasteiger partial charge is 0.475 e. The van der Waals surface area contributed by atoms with Gasteiger partial charge in [-0.2, -0.15) is 0 Å². The topological polar surface area (TPSA) is 92.1 Å². The minimum atomic E-state index is 0.327. The van der Waals surface area contributed by atoms with Crippen molar-refractivity contribution in [3.63, 3.8) is 0 Å². The summed E-state index contributed by atoms with van der Waals surface area (Å²) >= 11 is 0. The number of anilines is 1. The highest BCUT2D eigenvalue weighted by atomic mass is 16.5. The summed E-state index contributed by atoms with van der Waals surface area (Å²) in [6.07, 6.45) is 5.80. The molecule has 7 nitrogen and oxygen atoms in total. The van der Waals surface area contributed by atoms with E-state index in [0.29, 0.717) is 32.2 Å². The molecule has 0 atom stereocenters. The molecule has 2 aromatic rings. The van der Waals surface area contributed by atoms with Crippen molar-refractivity contribution in [2.45, 2.75) is 0 Å². The summed E-state index contributed by atoms with van der Waals surface area (Å²) in [7, 11) is 1.90. The zero-order valence-electron chi connectivity index (χ0n) is 14.1. The van der Waals surface area contributed by atoms with Crippen LogP contribution in [0.15, 0.2) is 47.7 Å². The Morgan fingerprint density at radius 2 is 1.84 bits per heavy atom. The van der Waals surface area contributed by atoms with Crippen LogP contribution in [0.3, 0.4) is 0 Å². The molecule has 0 aliphatic rings. The highest BCUT2D eigenvalue weighted by Gasteiger charge is 1.96. The van der Waals surface area contributed by atoms with E-state index in [1.165, 1.54) is 0 Å². The van der Waals surface area contributed by atoms with Gasteiger partial charge in [0.05, 0.1) is 13.2 Å². The quantitative estimate of drug-likeness (QED) is 0.306. The first-order chi connectivity index (χ1) is 12.3. The lowest BCUT2D eigenvalue weighted by molar-refractivity contribution is 0.104. The van der Waals surface area contributed by atoms with Gasteiger partial charge in [-0.25, -0.2) is 4.98 Å². The van der Waals surface area contributed by atoms with Gasteiger partial charge >= 0.3 is 0 Å². The van der Waals surface area contributed by atoms with Crippen LogP contribution in [0, 0.1) is 0 Å². The number of rotatable bonds is 10. The number of nitrogens with one attached hydrogen (secondary N) is 1. The molecule has 1 heterocycles. The molecule has 0 amide bonds. The van der Waals surface area contributed by atoms with Crippen LogP contribution < -0.4 is 10.1 Å². The fraction of sp³-hybridized carbons (Fsp3) is 0.278. The van der Waals surface area contributed by atoms with Gasteiger partial charge in [0.15, 0.2) is 0 Å². The van der Waals surface area contributed by atoms with E-state index >= 15 is 0 Å². The highest BCUT2D eigenvalue weighted by molar-refractivity contribution is 5.70. The minimum Gasteiger partial charge on any atom is -0.475 e. The molecule has 0 saturated carbocycles. The van der Waals surface area contributed by atoms with Crippen molar-refractivity contribution in [1.29, 1.82) is 0 Å². The van der Waals surface area contributed by atoms with Crippen molar-refractivity contribution < 1.29 is 9.47 Å². The zero-order valence-corrected chi connectivity index (χ0v) is 14.1. The van der Waals surface area contributed by atoms with E-state index in [0.717, 1.165) is 16.8 Å². The normalized spacial score (nSPS) is 10.4. The van der Waals surface area contributed by atoms with E-state index < -0.39 is 0 Å². The summed E-state index contributed by atoms with van der Waals surface area (Å²) in [5.41, 5.74) is 11.3. The molecule has 0 saturated heterocycles. The monoisotopic (exact) mass is 339 g/mol. The van der Waals surface area contributed by atoms with Crippen LogP contribution in [0.5, 0.6) is 5.88 Å². The predicted molar refractivity (Wildman–Crippen MR) is 99.5 cm³/mol. The van der Waals surface area contributed by atoms with E-state index in [4.69, 9.17) is 15.0 Å². The SMILES string of the molecule is CNc1ccc(/C=C/c2ccc(OCCOCCN=[N+]=[N-])nc2)cc1. The minimum absolute atomic E-state index is 0.327. The Labute approximate surface area is 146 Å². The van der Waals surface area contributed by atoms with Crippen LogP contribution in [0.1, 0.15) is 11.1 Å². The number of hydrogen-bond acceptors (Lipinski definition) is 5. The Balaban J connectivity index is 1.75. The van der Waals surface area contributed by atoms with Crippen LogP contribution >= 0.6 is 0 Å². The maximum atomic E-state index is 8.13. The van der Waals surface area contributed by atoms with E-state index in [1.807, 2.05) is 43.5 Å². The van der Waals surface area contributed by atoms with E-state index in [-0.39, 0.29) is 0 Å². The summed E-state index contributed by atoms with van der Waals surface area (Å²) in [6.45, 7) is 1.54. The van der Waals surface area contributed by atoms with Crippen LogP contribution in [-0.4, -0.2) is 38.4 Å².